The van der Waals surface area contributed by atoms with Crippen LogP contribution in [0.4, 0.5) is 17.8 Å². The molecular formula is C11H17N7O. The Hall–Kier alpha value is -2.35. The standard InChI is InChI=1S/C11H17N7O/c1-17(2)10-13-9(16-12)14-11(15-10)18(3)6-8-4-5-19-7-8/h4-5,7H,6,12H2,1-3H3,(H,13,14,15,16). The van der Waals surface area contributed by atoms with Gasteiger partial charge in [-0.3, -0.25) is 5.43 Å². The van der Waals surface area contributed by atoms with E-state index in [0.717, 1.165) is 5.56 Å². The Morgan fingerprint density at radius 1 is 1.21 bits per heavy atom. The highest BCUT2D eigenvalue weighted by molar-refractivity contribution is 5.43. The maximum absolute atomic E-state index is 5.37. The van der Waals surface area contributed by atoms with Crippen molar-refractivity contribution in [3.63, 3.8) is 0 Å². The number of nitrogens with one attached hydrogen (secondary N) is 1. The van der Waals surface area contributed by atoms with Crippen LogP contribution in [0.1, 0.15) is 5.56 Å². The van der Waals surface area contributed by atoms with Crippen molar-refractivity contribution >= 4 is 17.8 Å². The van der Waals surface area contributed by atoms with Crippen LogP contribution in [0, 0.1) is 0 Å². The van der Waals surface area contributed by atoms with E-state index in [-0.39, 0.29) is 0 Å². The Bertz CT molecular complexity index is 526. The zero-order valence-corrected chi connectivity index (χ0v) is 11.2. The Morgan fingerprint density at radius 2 is 1.95 bits per heavy atom. The molecule has 2 aromatic rings. The third-order valence-corrected chi connectivity index (χ3v) is 2.48. The molecule has 0 unspecified atom stereocenters. The van der Waals surface area contributed by atoms with E-state index in [0.29, 0.717) is 24.4 Å². The third-order valence-electron chi connectivity index (χ3n) is 2.48. The van der Waals surface area contributed by atoms with Gasteiger partial charge in [0.25, 0.3) is 0 Å². The van der Waals surface area contributed by atoms with Gasteiger partial charge >= 0.3 is 0 Å². The second-order valence-corrected chi connectivity index (χ2v) is 4.29. The number of anilines is 3. The minimum Gasteiger partial charge on any atom is -0.472 e. The van der Waals surface area contributed by atoms with E-state index in [4.69, 9.17) is 10.3 Å². The molecule has 3 N–H and O–H groups in total. The van der Waals surface area contributed by atoms with Crippen molar-refractivity contribution in [1.29, 1.82) is 0 Å². The van der Waals surface area contributed by atoms with E-state index in [1.807, 2.05) is 32.1 Å². The van der Waals surface area contributed by atoms with E-state index in [9.17, 15) is 0 Å². The highest BCUT2D eigenvalue weighted by Gasteiger charge is 2.11. The molecule has 0 amide bonds. The summed E-state index contributed by atoms with van der Waals surface area (Å²) >= 11 is 0. The quantitative estimate of drug-likeness (QED) is 0.593. The monoisotopic (exact) mass is 263 g/mol. The molecular weight excluding hydrogens is 246 g/mol. The lowest BCUT2D eigenvalue weighted by Gasteiger charge is -2.19. The molecule has 8 heteroatoms. The fraction of sp³-hybridized carbons (Fsp3) is 0.364. The van der Waals surface area contributed by atoms with Crippen LogP contribution in [-0.4, -0.2) is 36.1 Å². The topological polar surface area (TPSA) is 96.3 Å². The van der Waals surface area contributed by atoms with E-state index >= 15 is 0 Å². The summed E-state index contributed by atoms with van der Waals surface area (Å²) in [5.41, 5.74) is 3.48. The summed E-state index contributed by atoms with van der Waals surface area (Å²) in [5.74, 6) is 6.77. The molecule has 2 rings (SSSR count). The predicted molar refractivity (Wildman–Crippen MR) is 72.8 cm³/mol. The van der Waals surface area contributed by atoms with Crippen molar-refractivity contribution in [3.8, 4) is 0 Å². The Labute approximate surface area is 111 Å². The summed E-state index contributed by atoms with van der Waals surface area (Å²) in [5, 5.41) is 0. The van der Waals surface area contributed by atoms with Gasteiger partial charge in [-0.25, -0.2) is 5.84 Å². The molecule has 0 aliphatic carbocycles. The van der Waals surface area contributed by atoms with Gasteiger partial charge in [0, 0.05) is 33.3 Å². The molecule has 0 spiro atoms. The van der Waals surface area contributed by atoms with Crippen molar-refractivity contribution in [2.75, 3.05) is 36.4 Å². The lowest BCUT2D eigenvalue weighted by Crippen LogP contribution is -2.23. The number of rotatable bonds is 5. The number of furan rings is 1. The lowest BCUT2D eigenvalue weighted by molar-refractivity contribution is 0.563. The molecule has 102 valence electrons. The zero-order valence-electron chi connectivity index (χ0n) is 11.2. The number of hydrogen-bond donors (Lipinski definition) is 2. The molecule has 0 fully saturated rings. The van der Waals surface area contributed by atoms with Gasteiger partial charge < -0.3 is 14.2 Å². The van der Waals surface area contributed by atoms with E-state index in [1.54, 1.807) is 17.4 Å². The second-order valence-electron chi connectivity index (χ2n) is 4.29. The van der Waals surface area contributed by atoms with E-state index in [2.05, 4.69) is 20.4 Å². The summed E-state index contributed by atoms with van der Waals surface area (Å²) in [4.78, 5) is 16.4. The molecule has 2 heterocycles. The number of nitrogens with two attached hydrogens (primary N) is 1. The van der Waals surface area contributed by atoms with Gasteiger partial charge in [-0.15, -0.1) is 0 Å². The van der Waals surface area contributed by atoms with Crippen LogP contribution in [0.15, 0.2) is 23.0 Å². The van der Waals surface area contributed by atoms with Crippen LogP contribution in [0.2, 0.25) is 0 Å². The van der Waals surface area contributed by atoms with Crippen LogP contribution >= 0.6 is 0 Å². The largest absolute Gasteiger partial charge is 0.472 e. The predicted octanol–water partition coefficient (Wildman–Crippen LogP) is 0.453. The Kier molecular flexibility index (Phi) is 3.81. The maximum Gasteiger partial charge on any atom is 0.243 e. The van der Waals surface area contributed by atoms with Gasteiger partial charge in [-0.1, -0.05) is 0 Å². The highest BCUT2D eigenvalue weighted by atomic mass is 16.3. The molecule has 0 aliphatic heterocycles. The highest BCUT2D eigenvalue weighted by Crippen LogP contribution is 2.15. The Morgan fingerprint density at radius 3 is 2.53 bits per heavy atom. The smallest absolute Gasteiger partial charge is 0.243 e. The number of aromatic nitrogens is 3. The van der Waals surface area contributed by atoms with Gasteiger partial charge in [0.15, 0.2) is 0 Å². The first-order valence-electron chi connectivity index (χ1n) is 5.72. The Balaban J connectivity index is 2.24. The van der Waals surface area contributed by atoms with Gasteiger partial charge in [0.05, 0.1) is 12.5 Å². The van der Waals surface area contributed by atoms with Crippen molar-refractivity contribution in [2.45, 2.75) is 6.54 Å². The zero-order chi connectivity index (χ0) is 13.8. The van der Waals surface area contributed by atoms with Crippen LogP contribution in [0.5, 0.6) is 0 Å². The van der Waals surface area contributed by atoms with Crippen LogP contribution in [0.25, 0.3) is 0 Å². The first kappa shape index (κ1) is 13.1. The van der Waals surface area contributed by atoms with Crippen molar-refractivity contribution < 1.29 is 4.42 Å². The molecule has 2 aromatic heterocycles. The minimum absolute atomic E-state index is 0.327. The van der Waals surface area contributed by atoms with Crippen molar-refractivity contribution in [2.24, 2.45) is 5.84 Å². The molecule has 0 saturated heterocycles. The van der Waals surface area contributed by atoms with Gasteiger partial charge in [0.2, 0.25) is 17.8 Å². The molecule has 0 aromatic carbocycles. The van der Waals surface area contributed by atoms with Crippen molar-refractivity contribution in [1.82, 2.24) is 15.0 Å². The molecule has 19 heavy (non-hydrogen) atoms. The van der Waals surface area contributed by atoms with Crippen LogP contribution in [0.3, 0.4) is 0 Å². The molecule has 0 atom stereocenters. The average molecular weight is 263 g/mol. The molecule has 0 bridgehead atoms. The maximum atomic E-state index is 5.37. The number of hydrogen-bond acceptors (Lipinski definition) is 8. The first-order chi connectivity index (χ1) is 9.10. The van der Waals surface area contributed by atoms with Gasteiger partial charge in [0.1, 0.15) is 0 Å². The SMILES string of the molecule is CN(C)c1nc(NN)nc(N(C)Cc2ccoc2)n1. The average Bonchev–Trinajstić information content (AvgIpc) is 2.90. The fourth-order valence-corrected chi connectivity index (χ4v) is 1.52. The van der Waals surface area contributed by atoms with Gasteiger partial charge in [-0.2, -0.15) is 15.0 Å². The lowest BCUT2D eigenvalue weighted by atomic mass is 10.3. The second kappa shape index (κ2) is 5.53. The molecule has 0 saturated carbocycles. The summed E-state index contributed by atoms with van der Waals surface area (Å²) < 4.78 is 5.04. The minimum atomic E-state index is 0.327. The first-order valence-corrected chi connectivity index (χ1v) is 5.72. The van der Waals surface area contributed by atoms with E-state index < -0.39 is 0 Å². The van der Waals surface area contributed by atoms with Gasteiger partial charge in [-0.05, 0) is 6.07 Å². The van der Waals surface area contributed by atoms with Crippen LogP contribution < -0.4 is 21.1 Å². The fourth-order valence-electron chi connectivity index (χ4n) is 1.52. The summed E-state index contributed by atoms with van der Waals surface area (Å²) in [6.07, 6.45) is 3.32. The number of hydrazine groups is 1. The number of nitrogen functional groups attached to an aromatic ring is 1. The van der Waals surface area contributed by atoms with E-state index in [1.165, 1.54) is 0 Å². The molecule has 0 radical (unpaired) electrons. The third kappa shape index (κ3) is 3.10. The van der Waals surface area contributed by atoms with Crippen molar-refractivity contribution in [3.05, 3.63) is 24.2 Å². The molecule has 8 nitrogen and oxygen atoms in total. The summed E-state index contributed by atoms with van der Waals surface area (Å²) in [6, 6.07) is 1.90. The summed E-state index contributed by atoms with van der Waals surface area (Å²) in [7, 11) is 5.60. The molecule has 0 aliphatic rings. The van der Waals surface area contributed by atoms with Crippen LogP contribution in [-0.2, 0) is 6.54 Å². The normalized spacial score (nSPS) is 10.3. The number of nitrogens with zero attached hydrogens (tertiary/aromatic N) is 5. The summed E-state index contributed by atoms with van der Waals surface area (Å²) in [6.45, 7) is 0.636.